The molecule has 0 unspecified atom stereocenters. The van der Waals surface area contributed by atoms with Gasteiger partial charge in [0.2, 0.25) is 0 Å². The molecule has 0 amide bonds. The normalized spacial score (nSPS) is 22.3. The highest BCUT2D eigenvalue weighted by Crippen LogP contribution is 2.25. The molecule has 0 spiro atoms. The van der Waals surface area contributed by atoms with Gasteiger partial charge in [0.25, 0.3) is 0 Å². The molecule has 0 aliphatic heterocycles. The number of nitrogens with one attached hydrogen (secondary N) is 1. The van der Waals surface area contributed by atoms with Crippen molar-refractivity contribution in [1.29, 1.82) is 0 Å². The first-order valence-electron chi connectivity index (χ1n) is 6.65. The summed E-state index contributed by atoms with van der Waals surface area (Å²) in [7, 11) is 0. The standard InChI is InChI=1S/C16H21NO/c1-11-7-8-15(9-13(11)3)17-10-14-6-4-5-12(2)16(14)18/h7-10,12,17H,4-6H2,1-3H3/b14-10-/t12-/m1/s1. The van der Waals surface area contributed by atoms with E-state index >= 15 is 0 Å². The van der Waals surface area contributed by atoms with Crippen molar-refractivity contribution in [3.8, 4) is 0 Å². The maximum absolute atomic E-state index is 12.0. The predicted molar refractivity (Wildman–Crippen MR) is 75.6 cm³/mol. The number of hydrogen-bond acceptors (Lipinski definition) is 2. The van der Waals surface area contributed by atoms with Crippen molar-refractivity contribution in [3.05, 3.63) is 41.1 Å². The third kappa shape index (κ3) is 2.81. The smallest absolute Gasteiger partial charge is 0.163 e. The molecule has 0 saturated heterocycles. The lowest BCUT2D eigenvalue weighted by Crippen LogP contribution is -2.19. The zero-order valence-electron chi connectivity index (χ0n) is 11.4. The van der Waals surface area contributed by atoms with Gasteiger partial charge in [0.1, 0.15) is 0 Å². The Balaban J connectivity index is 2.09. The van der Waals surface area contributed by atoms with Gasteiger partial charge >= 0.3 is 0 Å². The van der Waals surface area contributed by atoms with Crippen molar-refractivity contribution >= 4 is 11.5 Å². The molecule has 0 heterocycles. The molecular weight excluding hydrogens is 222 g/mol. The van der Waals surface area contributed by atoms with Crippen LogP contribution in [-0.4, -0.2) is 5.78 Å². The number of Topliss-reactive ketones (excluding diaryl/α,β-unsaturated/α-hetero) is 1. The van der Waals surface area contributed by atoms with Crippen LogP contribution in [0.4, 0.5) is 5.69 Å². The van der Waals surface area contributed by atoms with Crippen LogP contribution < -0.4 is 5.32 Å². The minimum absolute atomic E-state index is 0.187. The van der Waals surface area contributed by atoms with E-state index in [-0.39, 0.29) is 5.92 Å². The Bertz CT molecular complexity index is 488. The third-order valence-corrected chi connectivity index (χ3v) is 3.77. The lowest BCUT2D eigenvalue weighted by Gasteiger charge is -2.19. The summed E-state index contributed by atoms with van der Waals surface area (Å²) in [6.07, 6.45) is 4.94. The van der Waals surface area contributed by atoms with Crippen LogP contribution in [0, 0.1) is 19.8 Å². The molecular formula is C16H21NO. The average Bonchev–Trinajstić information content (AvgIpc) is 2.35. The van der Waals surface area contributed by atoms with Crippen LogP contribution in [0.5, 0.6) is 0 Å². The third-order valence-electron chi connectivity index (χ3n) is 3.77. The summed E-state index contributed by atoms with van der Waals surface area (Å²) >= 11 is 0. The Labute approximate surface area is 109 Å². The Morgan fingerprint density at radius 2 is 2.06 bits per heavy atom. The van der Waals surface area contributed by atoms with Crippen LogP contribution in [0.15, 0.2) is 30.0 Å². The molecule has 0 bridgehead atoms. The second-order valence-electron chi connectivity index (χ2n) is 5.27. The molecule has 18 heavy (non-hydrogen) atoms. The second kappa shape index (κ2) is 5.38. The van der Waals surface area contributed by atoms with E-state index in [1.165, 1.54) is 11.1 Å². The molecule has 1 aliphatic carbocycles. The summed E-state index contributed by atoms with van der Waals surface area (Å²) in [5.74, 6) is 0.490. The number of hydrogen-bond donors (Lipinski definition) is 1. The Hall–Kier alpha value is -1.57. The van der Waals surface area contributed by atoms with Gasteiger partial charge in [0.15, 0.2) is 5.78 Å². The van der Waals surface area contributed by atoms with Crippen LogP contribution in [-0.2, 0) is 4.79 Å². The van der Waals surface area contributed by atoms with Gasteiger partial charge < -0.3 is 5.32 Å². The molecule has 2 rings (SSSR count). The first-order valence-corrected chi connectivity index (χ1v) is 6.65. The van der Waals surface area contributed by atoms with Crippen LogP contribution in [0.1, 0.15) is 37.3 Å². The number of carbonyl (C=O) groups excluding carboxylic acids is 1. The first kappa shape index (κ1) is 12.9. The summed E-state index contributed by atoms with van der Waals surface area (Å²) in [5, 5.41) is 3.25. The van der Waals surface area contributed by atoms with Crippen LogP contribution in [0.25, 0.3) is 0 Å². The van der Waals surface area contributed by atoms with Gasteiger partial charge in [-0.1, -0.05) is 13.0 Å². The lowest BCUT2D eigenvalue weighted by atomic mass is 9.86. The zero-order valence-corrected chi connectivity index (χ0v) is 11.4. The molecule has 0 aromatic heterocycles. The maximum atomic E-state index is 12.0. The number of anilines is 1. The van der Waals surface area contributed by atoms with Crippen molar-refractivity contribution in [2.75, 3.05) is 5.32 Å². The van der Waals surface area contributed by atoms with Crippen molar-refractivity contribution < 1.29 is 4.79 Å². The molecule has 1 N–H and O–H groups in total. The van der Waals surface area contributed by atoms with E-state index in [0.29, 0.717) is 5.78 Å². The quantitative estimate of drug-likeness (QED) is 0.796. The van der Waals surface area contributed by atoms with E-state index in [9.17, 15) is 4.79 Å². The fourth-order valence-electron chi connectivity index (χ4n) is 2.31. The van der Waals surface area contributed by atoms with Crippen LogP contribution in [0.3, 0.4) is 0 Å². The number of allylic oxidation sites excluding steroid dienone is 1. The number of benzene rings is 1. The van der Waals surface area contributed by atoms with Crippen LogP contribution >= 0.6 is 0 Å². The predicted octanol–water partition coefficient (Wildman–Crippen LogP) is 3.99. The van der Waals surface area contributed by atoms with E-state index in [0.717, 1.165) is 30.5 Å². The molecule has 2 heteroatoms. The van der Waals surface area contributed by atoms with E-state index in [1.807, 2.05) is 13.1 Å². The monoisotopic (exact) mass is 243 g/mol. The minimum Gasteiger partial charge on any atom is -0.361 e. The van der Waals surface area contributed by atoms with Crippen molar-refractivity contribution in [2.45, 2.75) is 40.0 Å². The van der Waals surface area contributed by atoms with Gasteiger partial charge in [-0.3, -0.25) is 4.79 Å². The van der Waals surface area contributed by atoms with Gasteiger partial charge in [0, 0.05) is 23.4 Å². The van der Waals surface area contributed by atoms with E-state index < -0.39 is 0 Å². The number of aryl methyl sites for hydroxylation is 2. The Morgan fingerprint density at radius 1 is 1.28 bits per heavy atom. The van der Waals surface area contributed by atoms with Gasteiger partial charge in [0.05, 0.1) is 0 Å². The summed E-state index contributed by atoms with van der Waals surface area (Å²) in [4.78, 5) is 12.0. The lowest BCUT2D eigenvalue weighted by molar-refractivity contribution is -0.119. The number of rotatable bonds is 2. The SMILES string of the molecule is Cc1ccc(N/C=C2/CCC[C@@H](C)C2=O)cc1C. The second-order valence-corrected chi connectivity index (χ2v) is 5.27. The highest BCUT2D eigenvalue weighted by atomic mass is 16.1. The molecule has 96 valence electrons. The molecule has 1 aromatic rings. The van der Waals surface area contributed by atoms with Crippen molar-refractivity contribution in [1.82, 2.24) is 0 Å². The Kier molecular flexibility index (Phi) is 3.85. The molecule has 2 nitrogen and oxygen atoms in total. The van der Waals surface area contributed by atoms with E-state index in [4.69, 9.17) is 0 Å². The van der Waals surface area contributed by atoms with E-state index in [1.54, 1.807) is 0 Å². The zero-order chi connectivity index (χ0) is 13.1. The van der Waals surface area contributed by atoms with Crippen LogP contribution in [0.2, 0.25) is 0 Å². The largest absolute Gasteiger partial charge is 0.361 e. The fraction of sp³-hybridized carbons (Fsp3) is 0.438. The summed E-state index contributed by atoms with van der Waals surface area (Å²) < 4.78 is 0. The number of ketones is 1. The number of carbonyl (C=O) groups is 1. The molecule has 1 atom stereocenters. The average molecular weight is 243 g/mol. The topological polar surface area (TPSA) is 29.1 Å². The molecule has 1 saturated carbocycles. The fourth-order valence-corrected chi connectivity index (χ4v) is 2.31. The first-order chi connectivity index (χ1) is 8.58. The minimum atomic E-state index is 0.187. The van der Waals surface area contributed by atoms with Crippen molar-refractivity contribution in [2.24, 2.45) is 5.92 Å². The summed E-state index contributed by atoms with van der Waals surface area (Å²) in [6.45, 7) is 6.22. The van der Waals surface area contributed by atoms with Gasteiger partial charge in [-0.05, 0) is 56.4 Å². The Morgan fingerprint density at radius 3 is 2.78 bits per heavy atom. The molecule has 1 aliphatic rings. The van der Waals surface area contributed by atoms with Crippen molar-refractivity contribution in [3.63, 3.8) is 0 Å². The molecule has 1 aromatic carbocycles. The summed E-state index contributed by atoms with van der Waals surface area (Å²) in [5.41, 5.74) is 4.54. The molecule has 0 radical (unpaired) electrons. The van der Waals surface area contributed by atoms with Gasteiger partial charge in [-0.25, -0.2) is 0 Å². The summed E-state index contributed by atoms with van der Waals surface area (Å²) in [6, 6.07) is 6.26. The van der Waals surface area contributed by atoms with Gasteiger partial charge in [-0.15, -0.1) is 0 Å². The molecule has 1 fully saturated rings. The van der Waals surface area contributed by atoms with Gasteiger partial charge in [-0.2, -0.15) is 0 Å². The van der Waals surface area contributed by atoms with E-state index in [2.05, 4.69) is 37.4 Å². The highest BCUT2D eigenvalue weighted by Gasteiger charge is 2.22. The maximum Gasteiger partial charge on any atom is 0.163 e. The highest BCUT2D eigenvalue weighted by molar-refractivity contribution is 5.97.